The van der Waals surface area contributed by atoms with E-state index in [-0.39, 0.29) is 0 Å². The van der Waals surface area contributed by atoms with Gasteiger partial charge in [-0.25, -0.2) is 0 Å². The number of benzene rings is 2. The summed E-state index contributed by atoms with van der Waals surface area (Å²) < 4.78 is 10.8. The highest BCUT2D eigenvalue weighted by Crippen LogP contribution is 2.31. The lowest BCUT2D eigenvalue weighted by Crippen LogP contribution is -2.14. The van der Waals surface area contributed by atoms with Gasteiger partial charge >= 0.3 is 5.97 Å². The van der Waals surface area contributed by atoms with Crippen LogP contribution in [0.3, 0.4) is 0 Å². The van der Waals surface area contributed by atoms with Crippen molar-refractivity contribution < 1.29 is 19.4 Å². The molecule has 0 aliphatic rings. The number of carbonyl (C=O) groups is 1. The summed E-state index contributed by atoms with van der Waals surface area (Å²) in [6.07, 6.45) is 0.362. The predicted molar refractivity (Wildman–Crippen MR) is 89.7 cm³/mol. The minimum Gasteiger partial charge on any atom is -0.493 e. The van der Waals surface area contributed by atoms with E-state index < -0.39 is 11.9 Å². The SMILES string of the molecule is CCOc1cc(CC(C(=O)O)c2ccc(Cl)cc2)ccc1OC. The first kappa shape index (κ1) is 17.2. The molecule has 0 saturated carbocycles. The lowest BCUT2D eigenvalue weighted by molar-refractivity contribution is -0.138. The van der Waals surface area contributed by atoms with Gasteiger partial charge in [-0.2, -0.15) is 0 Å². The smallest absolute Gasteiger partial charge is 0.311 e. The number of methoxy groups -OCH3 is 1. The van der Waals surface area contributed by atoms with Gasteiger partial charge in [0.15, 0.2) is 11.5 Å². The van der Waals surface area contributed by atoms with Crippen molar-refractivity contribution >= 4 is 17.6 Å². The number of carboxylic acids is 1. The van der Waals surface area contributed by atoms with Crippen molar-refractivity contribution in [2.24, 2.45) is 0 Å². The van der Waals surface area contributed by atoms with E-state index in [4.69, 9.17) is 21.1 Å². The summed E-state index contributed by atoms with van der Waals surface area (Å²) in [6.45, 7) is 2.40. The van der Waals surface area contributed by atoms with Crippen molar-refractivity contribution in [2.45, 2.75) is 19.3 Å². The highest BCUT2D eigenvalue weighted by molar-refractivity contribution is 6.30. The van der Waals surface area contributed by atoms with Crippen LogP contribution in [0.1, 0.15) is 24.0 Å². The Hall–Kier alpha value is -2.20. The van der Waals surface area contributed by atoms with Crippen LogP contribution in [0.2, 0.25) is 5.02 Å². The monoisotopic (exact) mass is 334 g/mol. The van der Waals surface area contributed by atoms with Crippen molar-refractivity contribution in [3.63, 3.8) is 0 Å². The zero-order valence-corrected chi connectivity index (χ0v) is 13.8. The molecule has 2 aromatic carbocycles. The van der Waals surface area contributed by atoms with Crippen LogP contribution < -0.4 is 9.47 Å². The maximum absolute atomic E-state index is 11.6. The molecular formula is C18H19ClO4. The lowest BCUT2D eigenvalue weighted by Gasteiger charge is -2.15. The molecule has 0 aliphatic heterocycles. The quantitative estimate of drug-likeness (QED) is 0.826. The fourth-order valence-corrected chi connectivity index (χ4v) is 2.52. The van der Waals surface area contributed by atoms with Crippen LogP contribution in [-0.2, 0) is 11.2 Å². The standard InChI is InChI=1S/C18H19ClO4/c1-3-23-17-11-12(4-9-16(17)22-2)10-15(18(20)21)13-5-7-14(19)8-6-13/h4-9,11,15H,3,10H2,1-2H3,(H,20,21). The Balaban J connectivity index is 2.28. The molecule has 23 heavy (non-hydrogen) atoms. The maximum Gasteiger partial charge on any atom is 0.311 e. The van der Waals surface area contributed by atoms with E-state index in [0.717, 1.165) is 11.1 Å². The van der Waals surface area contributed by atoms with Gasteiger partial charge in [0, 0.05) is 5.02 Å². The molecule has 1 N–H and O–H groups in total. The molecular weight excluding hydrogens is 316 g/mol. The number of hydrogen-bond donors (Lipinski definition) is 1. The number of ether oxygens (including phenoxy) is 2. The van der Waals surface area contributed by atoms with E-state index in [1.54, 1.807) is 37.4 Å². The Morgan fingerprint density at radius 3 is 2.43 bits per heavy atom. The molecule has 2 aromatic rings. The number of hydrogen-bond acceptors (Lipinski definition) is 3. The van der Waals surface area contributed by atoms with Crippen LogP contribution in [0, 0.1) is 0 Å². The Kier molecular flexibility index (Phi) is 5.88. The van der Waals surface area contributed by atoms with E-state index >= 15 is 0 Å². The van der Waals surface area contributed by atoms with Crippen LogP contribution in [0.4, 0.5) is 0 Å². The van der Waals surface area contributed by atoms with Crippen LogP contribution in [0.25, 0.3) is 0 Å². The Morgan fingerprint density at radius 2 is 1.87 bits per heavy atom. The summed E-state index contributed by atoms with van der Waals surface area (Å²) in [5, 5.41) is 10.1. The Labute approximate surface area is 140 Å². The molecule has 0 spiro atoms. The molecule has 0 fully saturated rings. The summed E-state index contributed by atoms with van der Waals surface area (Å²) in [4.78, 5) is 11.6. The lowest BCUT2D eigenvalue weighted by atomic mass is 9.92. The van der Waals surface area contributed by atoms with Gasteiger partial charge in [0.05, 0.1) is 19.6 Å². The van der Waals surface area contributed by atoms with Crippen LogP contribution in [0.15, 0.2) is 42.5 Å². The predicted octanol–water partition coefficient (Wildman–Crippen LogP) is 4.16. The molecule has 0 heterocycles. The minimum absolute atomic E-state index is 0.362. The highest BCUT2D eigenvalue weighted by atomic mass is 35.5. The second kappa shape index (κ2) is 7.88. The van der Waals surface area contributed by atoms with Crippen LogP contribution >= 0.6 is 11.6 Å². The van der Waals surface area contributed by atoms with Crippen molar-refractivity contribution in [1.29, 1.82) is 0 Å². The van der Waals surface area contributed by atoms with Gasteiger partial charge in [0.1, 0.15) is 0 Å². The molecule has 1 atom stereocenters. The first-order valence-corrected chi connectivity index (χ1v) is 7.71. The number of rotatable bonds is 7. The molecule has 2 rings (SSSR count). The van der Waals surface area contributed by atoms with Crippen molar-refractivity contribution in [1.82, 2.24) is 0 Å². The van der Waals surface area contributed by atoms with E-state index in [1.165, 1.54) is 0 Å². The van der Waals surface area contributed by atoms with Gasteiger partial charge < -0.3 is 14.6 Å². The molecule has 4 nitrogen and oxygen atoms in total. The normalized spacial score (nSPS) is 11.8. The van der Waals surface area contributed by atoms with Crippen molar-refractivity contribution in [2.75, 3.05) is 13.7 Å². The molecule has 0 saturated heterocycles. The fourth-order valence-electron chi connectivity index (χ4n) is 2.39. The topological polar surface area (TPSA) is 55.8 Å². The summed E-state index contributed by atoms with van der Waals surface area (Å²) >= 11 is 5.87. The summed E-state index contributed by atoms with van der Waals surface area (Å²) in [6, 6.07) is 12.4. The van der Waals surface area contributed by atoms with Gasteiger partial charge in [0.2, 0.25) is 0 Å². The van der Waals surface area contributed by atoms with E-state index in [1.807, 2.05) is 19.1 Å². The fraction of sp³-hybridized carbons (Fsp3) is 0.278. The zero-order valence-electron chi connectivity index (χ0n) is 13.1. The van der Waals surface area contributed by atoms with Crippen molar-refractivity contribution in [3.8, 4) is 11.5 Å². The second-order valence-electron chi connectivity index (χ2n) is 5.06. The van der Waals surface area contributed by atoms with Gasteiger partial charge in [0.25, 0.3) is 0 Å². The molecule has 0 bridgehead atoms. The number of aliphatic carboxylic acids is 1. The highest BCUT2D eigenvalue weighted by Gasteiger charge is 2.21. The largest absolute Gasteiger partial charge is 0.493 e. The van der Waals surface area contributed by atoms with E-state index in [0.29, 0.717) is 29.5 Å². The van der Waals surface area contributed by atoms with Crippen LogP contribution in [-0.4, -0.2) is 24.8 Å². The average molecular weight is 335 g/mol. The molecule has 5 heteroatoms. The van der Waals surface area contributed by atoms with Gasteiger partial charge in [-0.15, -0.1) is 0 Å². The molecule has 0 radical (unpaired) electrons. The Morgan fingerprint density at radius 1 is 1.17 bits per heavy atom. The summed E-state index contributed by atoms with van der Waals surface area (Å²) in [5.41, 5.74) is 1.59. The third-order valence-corrected chi connectivity index (χ3v) is 3.79. The second-order valence-corrected chi connectivity index (χ2v) is 5.50. The third kappa shape index (κ3) is 4.39. The zero-order chi connectivity index (χ0) is 16.8. The first-order valence-electron chi connectivity index (χ1n) is 7.33. The van der Waals surface area contributed by atoms with Gasteiger partial charge in [-0.05, 0) is 48.7 Å². The van der Waals surface area contributed by atoms with Gasteiger partial charge in [-0.1, -0.05) is 29.8 Å². The Bertz CT molecular complexity index is 667. The van der Waals surface area contributed by atoms with E-state index in [9.17, 15) is 9.90 Å². The minimum atomic E-state index is -0.874. The maximum atomic E-state index is 11.6. The first-order chi connectivity index (χ1) is 11.0. The molecule has 0 amide bonds. The molecule has 0 aromatic heterocycles. The third-order valence-electron chi connectivity index (χ3n) is 3.54. The number of carboxylic acid groups (broad SMARTS) is 1. The summed E-state index contributed by atoms with van der Waals surface area (Å²) in [5.74, 6) is -0.266. The molecule has 0 aliphatic carbocycles. The summed E-state index contributed by atoms with van der Waals surface area (Å²) in [7, 11) is 1.57. The molecule has 122 valence electrons. The molecule has 1 unspecified atom stereocenters. The average Bonchev–Trinajstić information content (AvgIpc) is 2.54. The van der Waals surface area contributed by atoms with E-state index in [2.05, 4.69) is 0 Å². The number of halogens is 1. The van der Waals surface area contributed by atoms with Crippen molar-refractivity contribution in [3.05, 3.63) is 58.6 Å². The van der Waals surface area contributed by atoms with Gasteiger partial charge in [-0.3, -0.25) is 4.79 Å². The van der Waals surface area contributed by atoms with Crippen LogP contribution in [0.5, 0.6) is 11.5 Å².